The number of benzene rings is 1. The minimum absolute atomic E-state index is 0.111. The smallest absolute Gasteiger partial charge is 0.321 e. The molecule has 0 unspecified atom stereocenters. The number of rotatable bonds is 5. The lowest BCUT2D eigenvalue weighted by atomic mass is 10.3. The topological polar surface area (TPSA) is 80.6 Å². The molecule has 0 aliphatic heterocycles. The number of hydrogen-bond acceptors (Lipinski definition) is 4. The van der Waals surface area contributed by atoms with Gasteiger partial charge in [0.05, 0.1) is 12.8 Å². The minimum atomic E-state index is -0.935. The number of ether oxygens (including phenoxy) is 1. The van der Waals surface area contributed by atoms with Crippen molar-refractivity contribution in [2.24, 2.45) is 0 Å². The van der Waals surface area contributed by atoms with E-state index in [4.69, 9.17) is 9.15 Å². The second-order valence-corrected chi connectivity index (χ2v) is 4.17. The molecule has 0 saturated carbocycles. The third-order valence-corrected chi connectivity index (χ3v) is 2.51. The van der Waals surface area contributed by atoms with Crippen molar-refractivity contribution in [2.45, 2.75) is 6.54 Å². The summed E-state index contributed by atoms with van der Waals surface area (Å²) in [6.45, 7) is -0.476. The van der Waals surface area contributed by atoms with Crippen molar-refractivity contribution >= 4 is 11.9 Å². The van der Waals surface area contributed by atoms with Gasteiger partial charge in [-0.3, -0.25) is 10.1 Å². The first-order chi connectivity index (χ1) is 10.5. The summed E-state index contributed by atoms with van der Waals surface area (Å²) in [5, 5.41) is 4.38. The number of imide groups is 1. The third kappa shape index (κ3) is 4.58. The van der Waals surface area contributed by atoms with Crippen molar-refractivity contribution in [1.82, 2.24) is 10.6 Å². The summed E-state index contributed by atoms with van der Waals surface area (Å²) < 4.78 is 35.8. The van der Waals surface area contributed by atoms with Crippen molar-refractivity contribution in [2.75, 3.05) is 6.61 Å². The van der Waals surface area contributed by atoms with E-state index < -0.39 is 30.2 Å². The molecule has 116 valence electrons. The van der Waals surface area contributed by atoms with Gasteiger partial charge in [0.15, 0.2) is 18.2 Å². The van der Waals surface area contributed by atoms with Crippen LogP contribution in [0.25, 0.3) is 0 Å². The Hall–Kier alpha value is -2.90. The molecule has 1 aromatic heterocycles. The molecule has 0 spiro atoms. The summed E-state index contributed by atoms with van der Waals surface area (Å²) >= 11 is 0. The van der Waals surface area contributed by atoms with Gasteiger partial charge in [-0.05, 0) is 24.3 Å². The summed E-state index contributed by atoms with van der Waals surface area (Å²) in [6, 6.07) is 5.24. The molecular weight excluding hydrogens is 298 g/mol. The molecule has 0 radical (unpaired) electrons. The molecular formula is C14H12F2N2O4. The van der Waals surface area contributed by atoms with E-state index in [-0.39, 0.29) is 12.3 Å². The van der Waals surface area contributed by atoms with Gasteiger partial charge in [0.2, 0.25) is 0 Å². The number of urea groups is 1. The fourth-order valence-electron chi connectivity index (χ4n) is 1.52. The molecule has 2 aromatic rings. The highest BCUT2D eigenvalue weighted by atomic mass is 19.1. The van der Waals surface area contributed by atoms with Gasteiger partial charge in [0, 0.05) is 6.07 Å². The number of halogens is 2. The van der Waals surface area contributed by atoms with Gasteiger partial charge < -0.3 is 14.5 Å². The molecule has 0 aliphatic rings. The summed E-state index contributed by atoms with van der Waals surface area (Å²) in [5.74, 6) is -2.23. The van der Waals surface area contributed by atoms with E-state index in [0.29, 0.717) is 11.8 Å². The molecule has 0 aliphatic carbocycles. The Bertz CT molecular complexity index is 659. The predicted molar refractivity (Wildman–Crippen MR) is 70.9 cm³/mol. The molecule has 2 rings (SSSR count). The number of furan rings is 1. The summed E-state index contributed by atoms with van der Waals surface area (Å²) in [7, 11) is 0. The Labute approximate surface area is 124 Å². The Kier molecular flexibility index (Phi) is 5.07. The third-order valence-electron chi connectivity index (χ3n) is 2.51. The second-order valence-electron chi connectivity index (χ2n) is 4.17. The van der Waals surface area contributed by atoms with Crippen LogP contribution in [0.15, 0.2) is 41.0 Å². The lowest BCUT2D eigenvalue weighted by Crippen LogP contribution is -2.41. The summed E-state index contributed by atoms with van der Waals surface area (Å²) in [4.78, 5) is 22.9. The first-order valence-electron chi connectivity index (χ1n) is 6.22. The average Bonchev–Trinajstić information content (AvgIpc) is 2.97. The Morgan fingerprint density at radius 3 is 2.73 bits per heavy atom. The van der Waals surface area contributed by atoms with Crippen LogP contribution in [0.5, 0.6) is 5.75 Å². The summed E-state index contributed by atoms with van der Waals surface area (Å²) in [6.07, 6.45) is 1.45. The van der Waals surface area contributed by atoms with Crippen LogP contribution in [-0.2, 0) is 11.3 Å². The Balaban J connectivity index is 1.74. The maximum absolute atomic E-state index is 13.3. The van der Waals surface area contributed by atoms with Crippen LogP contribution in [0, 0.1) is 11.6 Å². The molecule has 22 heavy (non-hydrogen) atoms. The molecule has 0 fully saturated rings. The van der Waals surface area contributed by atoms with Crippen LogP contribution < -0.4 is 15.4 Å². The largest absolute Gasteiger partial charge is 0.481 e. The van der Waals surface area contributed by atoms with Crippen LogP contribution in [0.1, 0.15) is 5.76 Å². The first kappa shape index (κ1) is 15.5. The van der Waals surface area contributed by atoms with E-state index in [9.17, 15) is 18.4 Å². The van der Waals surface area contributed by atoms with Crippen molar-refractivity contribution in [1.29, 1.82) is 0 Å². The zero-order valence-corrected chi connectivity index (χ0v) is 11.3. The molecule has 0 bridgehead atoms. The predicted octanol–water partition coefficient (Wildman–Crippen LogP) is 1.96. The highest BCUT2D eigenvalue weighted by Gasteiger charge is 2.11. The normalized spacial score (nSPS) is 10.1. The monoisotopic (exact) mass is 310 g/mol. The lowest BCUT2D eigenvalue weighted by molar-refractivity contribution is -0.122. The number of carbonyl (C=O) groups excluding carboxylic acids is 2. The molecule has 1 heterocycles. The second kappa shape index (κ2) is 7.21. The van der Waals surface area contributed by atoms with Crippen LogP contribution >= 0.6 is 0 Å². The number of carbonyl (C=O) groups is 2. The minimum Gasteiger partial charge on any atom is -0.481 e. The van der Waals surface area contributed by atoms with Crippen molar-refractivity contribution in [3.8, 4) is 5.75 Å². The molecule has 0 atom stereocenters. The fraction of sp³-hybridized carbons (Fsp3) is 0.143. The number of hydrogen-bond donors (Lipinski definition) is 2. The van der Waals surface area contributed by atoms with Gasteiger partial charge in [-0.2, -0.15) is 0 Å². The standard InChI is InChI=1S/C14H12F2N2O4/c15-9-3-4-12(11(16)6-9)22-8-13(19)18-14(20)17-7-10-2-1-5-21-10/h1-6H,7-8H2,(H2,17,18,19,20). The van der Waals surface area contributed by atoms with Gasteiger partial charge in [-0.25, -0.2) is 13.6 Å². The quantitative estimate of drug-likeness (QED) is 0.884. The van der Waals surface area contributed by atoms with E-state index >= 15 is 0 Å². The first-order valence-corrected chi connectivity index (χ1v) is 6.22. The zero-order chi connectivity index (χ0) is 15.9. The van der Waals surface area contributed by atoms with E-state index in [2.05, 4.69) is 5.32 Å². The number of amides is 3. The van der Waals surface area contributed by atoms with Crippen LogP contribution in [0.2, 0.25) is 0 Å². The summed E-state index contributed by atoms with van der Waals surface area (Å²) in [5.41, 5.74) is 0. The van der Waals surface area contributed by atoms with E-state index in [0.717, 1.165) is 12.1 Å². The molecule has 1 aromatic carbocycles. The zero-order valence-electron chi connectivity index (χ0n) is 11.3. The highest BCUT2D eigenvalue weighted by molar-refractivity contribution is 5.94. The van der Waals surface area contributed by atoms with Gasteiger partial charge in [-0.1, -0.05) is 0 Å². The van der Waals surface area contributed by atoms with Gasteiger partial charge in [0.25, 0.3) is 5.91 Å². The molecule has 0 saturated heterocycles. The van der Waals surface area contributed by atoms with Crippen LogP contribution in [-0.4, -0.2) is 18.5 Å². The van der Waals surface area contributed by atoms with Gasteiger partial charge in [0.1, 0.15) is 11.6 Å². The van der Waals surface area contributed by atoms with Crippen LogP contribution in [0.3, 0.4) is 0 Å². The maximum atomic E-state index is 13.3. The molecule has 3 amide bonds. The van der Waals surface area contributed by atoms with Crippen molar-refractivity contribution in [3.63, 3.8) is 0 Å². The molecule has 8 heteroatoms. The van der Waals surface area contributed by atoms with Crippen molar-refractivity contribution < 1.29 is 27.5 Å². The fourth-order valence-corrected chi connectivity index (χ4v) is 1.52. The van der Waals surface area contributed by atoms with Crippen LogP contribution in [0.4, 0.5) is 13.6 Å². The average molecular weight is 310 g/mol. The molecule has 2 N–H and O–H groups in total. The lowest BCUT2D eigenvalue weighted by Gasteiger charge is -2.08. The number of nitrogens with one attached hydrogen (secondary N) is 2. The SMILES string of the molecule is O=C(COc1ccc(F)cc1F)NC(=O)NCc1ccco1. The maximum Gasteiger partial charge on any atom is 0.321 e. The highest BCUT2D eigenvalue weighted by Crippen LogP contribution is 2.17. The van der Waals surface area contributed by atoms with E-state index in [1.807, 2.05) is 5.32 Å². The molecule has 6 nitrogen and oxygen atoms in total. The van der Waals surface area contributed by atoms with E-state index in [1.165, 1.54) is 6.26 Å². The van der Waals surface area contributed by atoms with Crippen molar-refractivity contribution in [3.05, 3.63) is 54.0 Å². The Morgan fingerprint density at radius 2 is 2.05 bits per heavy atom. The van der Waals surface area contributed by atoms with Gasteiger partial charge >= 0.3 is 6.03 Å². The van der Waals surface area contributed by atoms with Gasteiger partial charge in [-0.15, -0.1) is 0 Å². The van der Waals surface area contributed by atoms with E-state index in [1.54, 1.807) is 12.1 Å². The Morgan fingerprint density at radius 1 is 1.23 bits per heavy atom.